The van der Waals surface area contributed by atoms with Gasteiger partial charge in [0.05, 0.1) is 5.69 Å². The van der Waals surface area contributed by atoms with Gasteiger partial charge in [0.25, 0.3) is 0 Å². The molecule has 1 unspecified atom stereocenters. The van der Waals surface area contributed by atoms with Gasteiger partial charge in [-0.2, -0.15) is 5.10 Å². The van der Waals surface area contributed by atoms with E-state index in [0.29, 0.717) is 6.04 Å². The van der Waals surface area contributed by atoms with Crippen molar-refractivity contribution in [3.8, 4) is 0 Å². The van der Waals surface area contributed by atoms with E-state index in [9.17, 15) is 0 Å². The number of likely N-dealkylation sites (N-methyl/N-ethyl adjacent to an activating group) is 1. The molecule has 1 aromatic carbocycles. The second-order valence-corrected chi connectivity index (χ2v) is 5.91. The van der Waals surface area contributed by atoms with Gasteiger partial charge in [0.15, 0.2) is 0 Å². The lowest BCUT2D eigenvalue weighted by atomic mass is 9.98. The monoisotopic (exact) mass is 335 g/mol. The molecule has 1 atom stereocenters. The molecular formula is C16H22BrN3. The van der Waals surface area contributed by atoms with Crippen molar-refractivity contribution in [3.63, 3.8) is 0 Å². The molecule has 0 saturated heterocycles. The first-order chi connectivity index (χ1) is 9.63. The van der Waals surface area contributed by atoms with Gasteiger partial charge in [-0.15, -0.1) is 0 Å². The molecule has 1 aromatic heterocycles. The topological polar surface area (TPSA) is 29.9 Å². The number of nitrogens with zero attached hydrogens (tertiary/aromatic N) is 2. The molecule has 0 spiro atoms. The highest BCUT2D eigenvalue weighted by molar-refractivity contribution is 9.10. The molecule has 3 nitrogen and oxygen atoms in total. The summed E-state index contributed by atoms with van der Waals surface area (Å²) in [6.07, 6.45) is 4.10. The highest BCUT2D eigenvalue weighted by Gasteiger charge is 2.17. The van der Waals surface area contributed by atoms with Crippen molar-refractivity contribution in [1.29, 1.82) is 0 Å². The van der Waals surface area contributed by atoms with Crippen molar-refractivity contribution in [3.05, 3.63) is 51.8 Å². The zero-order chi connectivity index (χ0) is 14.5. The Kier molecular flexibility index (Phi) is 5.38. The van der Waals surface area contributed by atoms with Crippen molar-refractivity contribution in [2.75, 3.05) is 6.54 Å². The molecule has 0 aliphatic heterocycles. The van der Waals surface area contributed by atoms with Crippen molar-refractivity contribution in [2.45, 2.75) is 32.7 Å². The van der Waals surface area contributed by atoms with Crippen LogP contribution < -0.4 is 5.32 Å². The first kappa shape index (κ1) is 15.3. The van der Waals surface area contributed by atoms with Crippen molar-refractivity contribution in [1.82, 2.24) is 15.1 Å². The van der Waals surface area contributed by atoms with Gasteiger partial charge >= 0.3 is 0 Å². The van der Waals surface area contributed by atoms with E-state index in [1.807, 2.05) is 11.7 Å². The third-order valence-electron chi connectivity index (χ3n) is 3.45. The summed E-state index contributed by atoms with van der Waals surface area (Å²) in [5.74, 6) is 0. The van der Waals surface area contributed by atoms with Crippen LogP contribution in [0.25, 0.3) is 0 Å². The van der Waals surface area contributed by atoms with Gasteiger partial charge in [-0.1, -0.05) is 41.9 Å². The summed E-state index contributed by atoms with van der Waals surface area (Å²) in [7, 11) is 1.99. The number of halogens is 1. The molecule has 20 heavy (non-hydrogen) atoms. The standard InChI is InChI=1S/C16H22BrN3/c1-4-15-14(11-20(3)19-15)16(18-5-2)10-12-6-8-13(17)9-7-12/h6-9,11,16,18H,4-5,10H2,1-3H3. The summed E-state index contributed by atoms with van der Waals surface area (Å²) in [5, 5.41) is 8.14. The molecule has 1 N–H and O–H groups in total. The lowest BCUT2D eigenvalue weighted by Gasteiger charge is -2.18. The van der Waals surface area contributed by atoms with Crippen LogP contribution in [0, 0.1) is 0 Å². The molecule has 1 heterocycles. The molecule has 0 fully saturated rings. The van der Waals surface area contributed by atoms with E-state index in [1.54, 1.807) is 0 Å². The zero-order valence-corrected chi connectivity index (χ0v) is 13.9. The van der Waals surface area contributed by atoms with Crippen LogP contribution in [0.5, 0.6) is 0 Å². The summed E-state index contributed by atoms with van der Waals surface area (Å²) >= 11 is 3.48. The van der Waals surface area contributed by atoms with Crippen LogP contribution in [-0.4, -0.2) is 16.3 Å². The molecule has 0 aliphatic carbocycles. The number of aryl methyl sites for hydroxylation is 2. The fourth-order valence-electron chi connectivity index (χ4n) is 2.51. The Balaban J connectivity index is 2.23. The molecular weight excluding hydrogens is 314 g/mol. The molecule has 0 radical (unpaired) electrons. The van der Waals surface area contributed by atoms with Gasteiger partial charge < -0.3 is 5.32 Å². The van der Waals surface area contributed by atoms with E-state index in [-0.39, 0.29) is 0 Å². The second kappa shape index (κ2) is 7.04. The van der Waals surface area contributed by atoms with Crippen LogP contribution in [0.4, 0.5) is 0 Å². The van der Waals surface area contributed by atoms with Crippen LogP contribution in [-0.2, 0) is 19.9 Å². The average molecular weight is 336 g/mol. The number of aromatic nitrogens is 2. The Labute approximate surface area is 129 Å². The fraction of sp³-hybridized carbons (Fsp3) is 0.438. The highest BCUT2D eigenvalue weighted by Crippen LogP contribution is 2.22. The molecule has 0 aliphatic rings. The minimum atomic E-state index is 0.324. The number of hydrogen-bond donors (Lipinski definition) is 1. The summed E-state index contributed by atoms with van der Waals surface area (Å²) in [6, 6.07) is 8.88. The van der Waals surface area contributed by atoms with Crippen molar-refractivity contribution in [2.24, 2.45) is 7.05 Å². The quantitative estimate of drug-likeness (QED) is 0.873. The fourth-order valence-corrected chi connectivity index (χ4v) is 2.78. The number of benzene rings is 1. The van der Waals surface area contributed by atoms with E-state index in [2.05, 4.69) is 70.7 Å². The van der Waals surface area contributed by atoms with E-state index in [0.717, 1.165) is 23.9 Å². The Hall–Kier alpha value is -1.13. The van der Waals surface area contributed by atoms with E-state index < -0.39 is 0 Å². The molecule has 108 valence electrons. The Morgan fingerprint density at radius 2 is 1.95 bits per heavy atom. The largest absolute Gasteiger partial charge is 0.310 e. The first-order valence-electron chi connectivity index (χ1n) is 7.14. The summed E-state index contributed by atoms with van der Waals surface area (Å²) in [6.45, 7) is 5.27. The van der Waals surface area contributed by atoms with Gasteiger partial charge in [0.1, 0.15) is 0 Å². The van der Waals surface area contributed by atoms with E-state index in [4.69, 9.17) is 0 Å². The second-order valence-electron chi connectivity index (χ2n) is 5.00. The Morgan fingerprint density at radius 3 is 2.55 bits per heavy atom. The number of hydrogen-bond acceptors (Lipinski definition) is 2. The maximum absolute atomic E-state index is 4.56. The van der Waals surface area contributed by atoms with Crippen LogP contribution >= 0.6 is 15.9 Å². The summed E-state index contributed by atoms with van der Waals surface area (Å²) in [4.78, 5) is 0. The molecule has 0 amide bonds. The maximum Gasteiger partial charge on any atom is 0.0669 e. The normalized spacial score (nSPS) is 12.6. The predicted octanol–water partition coefficient (Wildman–Crippen LogP) is 3.64. The molecule has 0 saturated carbocycles. The van der Waals surface area contributed by atoms with Crippen LogP contribution in [0.3, 0.4) is 0 Å². The van der Waals surface area contributed by atoms with E-state index >= 15 is 0 Å². The van der Waals surface area contributed by atoms with Gasteiger partial charge in [0, 0.05) is 29.3 Å². The van der Waals surface area contributed by atoms with Gasteiger partial charge in [-0.05, 0) is 37.1 Å². The maximum atomic E-state index is 4.56. The Bertz CT molecular complexity index is 545. The molecule has 2 aromatic rings. The SMILES string of the molecule is CCNC(Cc1ccc(Br)cc1)c1cn(C)nc1CC. The zero-order valence-electron chi connectivity index (χ0n) is 12.4. The van der Waals surface area contributed by atoms with Gasteiger partial charge in [-0.25, -0.2) is 0 Å². The van der Waals surface area contributed by atoms with Crippen LogP contribution in [0.2, 0.25) is 0 Å². The number of rotatable bonds is 6. The van der Waals surface area contributed by atoms with E-state index in [1.165, 1.54) is 16.8 Å². The van der Waals surface area contributed by atoms with Gasteiger partial charge in [0.2, 0.25) is 0 Å². The molecule has 0 bridgehead atoms. The summed E-state index contributed by atoms with van der Waals surface area (Å²) < 4.78 is 3.04. The van der Waals surface area contributed by atoms with Gasteiger partial charge in [-0.3, -0.25) is 4.68 Å². The minimum absolute atomic E-state index is 0.324. The molecule has 4 heteroatoms. The van der Waals surface area contributed by atoms with Crippen molar-refractivity contribution < 1.29 is 0 Å². The van der Waals surface area contributed by atoms with Crippen molar-refractivity contribution >= 4 is 15.9 Å². The third kappa shape index (κ3) is 3.70. The predicted molar refractivity (Wildman–Crippen MR) is 86.8 cm³/mol. The molecule has 2 rings (SSSR count). The highest BCUT2D eigenvalue weighted by atomic mass is 79.9. The Morgan fingerprint density at radius 1 is 1.25 bits per heavy atom. The lowest BCUT2D eigenvalue weighted by Crippen LogP contribution is -2.23. The summed E-state index contributed by atoms with van der Waals surface area (Å²) in [5.41, 5.74) is 3.85. The van der Waals surface area contributed by atoms with Crippen LogP contribution in [0.15, 0.2) is 34.9 Å². The average Bonchev–Trinajstić information content (AvgIpc) is 2.82. The smallest absolute Gasteiger partial charge is 0.0669 e. The third-order valence-corrected chi connectivity index (χ3v) is 3.98. The first-order valence-corrected chi connectivity index (χ1v) is 7.93. The lowest BCUT2D eigenvalue weighted by molar-refractivity contribution is 0.545. The van der Waals surface area contributed by atoms with Crippen LogP contribution in [0.1, 0.15) is 36.7 Å². The number of nitrogens with one attached hydrogen (secondary N) is 1. The minimum Gasteiger partial charge on any atom is -0.310 e.